The molecule has 0 saturated heterocycles. The predicted molar refractivity (Wildman–Crippen MR) is 113 cm³/mol. The Morgan fingerprint density at radius 2 is 2.11 bits per heavy atom. The van der Waals surface area contributed by atoms with Gasteiger partial charge >= 0.3 is 0 Å². The second-order valence-corrected chi connectivity index (χ2v) is 8.00. The van der Waals surface area contributed by atoms with E-state index in [4.69, 9.17) is 0 Å². The number of thiazole rings is 1. The van der Waals surface area contributed by atoms with Crippen LogP contribution in [0.25, 0.3) is 10.2 Å². The lowest BCUT2D eigenvalue weighted by Crippen LogP contribution is -2.25. The summed E-state index contributed by atoms with van der Waals surface area (Å²) in [6.07, 6.45) is 1.70. The molecule has 0 aliphatic rings. The van der Waals surface area contributed by atoms with Gasteiger partial charge in [0.15, 0.2) is 5.13 Å². The number of hydrogen-bond donors (Lipinski definition) is 2. The van der Waals surface area contributed by atoms with E-state index in [0.717, 1.165) is 33.2 Å². The van der Waals surface area contributed by atoms with Gasteiger partial charge in [-0.15, -0.1) is 0 Å². The first kappa shape index (κ1) is 19.1. The molecule has 0 aliphatic carbocycles. The first-order valence-corrected chi connectivity index (χ1v) is 9.83. The van der Waals surface area contributed by atoms with E-state index in [1.165, 1.54) is 17.0 Å². The van der Waals surface area contributed by atoms with Gasteiger partial charge in [0, 0.05) is 23.5 Å². The molecule has 0 saturated carbocycles. The lowest BCUT2D eigenvalue weighted by molar-refractivity contribution is -0.119. The second-order valence-electron chi connectivity index (χ2n) is 6.96. The highest BCUT2D eigenvalue weighted by atomic mass is 32.1. The van der Waals surface area contributed by atoms with Crippen molar-refractivity contribution in [2.75, 3.05) is 11.9 Å². The number of carbonyl (C=O) groups is 1. The summed E-state index contributed by atoms with van der Waals surface area (Å²) < 4.78 is 3.37. The number of nitrogens with zero attached hydrogens (tertiary/aromatic N) is 3. The lowest BCUT2D eigenvalue weighted by Gasteiger charge is -2.11. The Hall–Kier alpha value is -2.67. The maximum Gasteiger partial charge on any atom is 0.259 e. The summed E-state index contributed by atoms with van der Waals surface area (Å²) >= 11 is 1.53. The summed E-state index contributed by atoms with van der Waals surface area (Å²) in [6.45, 7) is 9.67. The molecule has 2 heterocycles. The summed E-state index contributed by atoms with van der Waals surface area (Å²) in [7, 11) is 0. The van der Waals surface area contributed by atoms with E-state index >= 15 is 0 Å². The first-order chi connectivity index (χ1) is 12.9. The zero-order valence-corrected chi connectivity index (χ0v) is 16.9. The van der Waals surface area contributed by atoms with Gasteiger partial charge in [0.25, 0.3) is 5.91 Å². The third-order valence-corrected chi connectivity index (χ3v) is 5.24. The molecule has 142 valence electrons. The number of rotatable bonds is 7. The Kier molecular flexibility index (Phi) is 5.91. The Balaban J connectivity index is 1.54. The van der Waals surface area contributed by atoms with Crippen molar-refractivity contribution in [3.8, 4) is 0 Å². The molecule has 6 nitrogen and oxygen atoms in total. The van der Waals surface area contributed by atoms with Crippen LogP contribution in [0.15, 0.2) is 35.4 Å². The minimum Gasteiger partial charge on any atom is -0.352 e. The highest BCUT2D eigenvalue weighted by molar-refractivity contribution is 7.22. The third-order valence-electron chi connectivity index (χ3n) is 4.25. The molecule has 0 fully saturated rings. The number of hydrazone groups is 1. The molecule has 3 aromatic rings. The zero-order chi connectivity index (χ0) is 19.4. The van der Waals surface area contributed by atoms with Gasteiger partial charge in [-0.2, -0.15) is 5.10 Å². The van der Waals surface area contributed by atoms with E-state index < -0.39 is 0 Å². The molecule has 7 heteroatoms. The second kappa shape index (κ2) is 8.35. The van der Waals surface area contributed by atoms with Gasteiger partial charge in [-0.25, -0.2) is 10.4 Å². The van der Waals surface area contributed by atoms with Crippen LogP contribution < -0.4 is 10.7 Å². The number of anilines is 1. The Bertz CT molecular complexity index is 937. The van der Waals surface area contributed by atoms with Gasteiger partial charge in [0.2, 0.25) is 0 Å². The number of carbonyl (C=O) groups excluding carboxylic acids is 1. The molecule has 0 unspecified atom stereocenters. The smallest absolute Gasteiger partial charge is 0.259 e. The lowest BCUT2D eigenvalue weighted by atomic mass is 10.2. The molecule has 2 N–H and O–H groups in total. The van der Waals surface area contributed by atoms with Crippen LogP contribution in [-0.2, 0) is 11.3 Å². The van der Waals surface area contributed by atoms with E-state index in [-0.39, 0.29) is 12.5 Å². The number of aryl methyl sites for hydroxylation is 1. The maximum atomic E-state index is 12.0. The van der Waals surface area contributed by atoms with E-state index in [2.05, 4.69) is 59.2 Å². The molecular weight excluding hydrogens is 358 g/mol. The Labute approximate surface area is 163 Å². The molecule has 1 amide bonds. The van der Waals surface area contributed by atoms with Crippen molar-refractivity contribution in [3.63, 3.8) is 0 Å². The molecule has 0 aliphatic heterocycles. The zero-order valence-electron chi connectivity index (χ0n) is 16.1. The van der Waals surface area contributed by atoms with Crippen LogP contribution in [0.3, 0.4) is 0 Å². The monoisotopic (exact) mass is 383 g/mol. The number of hydrogen-bond acceptors (Lipinski definition) is 5. The van der Waals surface area contributed by atoms with Gasteiger partial charge in [-0.05, 0) is 38.0 Å². The highest BCUT2D eigenvalue weighted by Crippen LogP contribution is 2.25. The van der Waals surface area contributed by atoms with Gasteiger partial charge in [-0.3, -0.25) is 4.79 Å². The molecule has 2 aromatic heterocycles. The van der Waals surface area contributed by atoms with Gasteiger partial charge in [-0.1, -0.05) is 37.3 Å². The minimum absolute atomic E-state index is 0.129. The largest absolute Gasteiger partial charge is 0.352 e. The summed E-state index contributed by atoms with van der Waals surface area (Å²) in [5, 5.41) is 7.87. The Morgan fingerprint density at radius 3 is 2.85 bits per heavy atom. The van der Waals surface area contributed by atoms with Crippen molar-refractivity contribution in [2.45, 2.75) is 34.2 Å². The van der Waals surface area contributed by atoms with Crippen molar-refractivity contribution in [1.82, 2.24) is 15.0 Å². The molecule has 0 atom stereocenters. The van der Waals surface area contributed by atoms with E-state index in [0.29, 0.717) is 5.92 Å². The molecule has 0 bridgehead atoms. The highest BCUT2D eigenvalue weighted by Gasteiger charge is 2.09. The number of para-hydroxylation sites is 1. The van der Waals surface area contributed by atoms with Crippen LogP contribution in [0.1, 0.15) is 30.8 Å². The van der Waals surface area contributed by atoms with Crippen molar-refractivity contribution >= 4 is 38.8 Å². The van der Waals surface area contributed by atoms with E-state index in [1.54, 1.807) is 6.21 Å². The molecule has 0 radical (unpaired) electrons. The third kappa shape index (κ3) is 4.74. The van der Waals surface area contributed by atoms with Gasteiger partial charge in [0.1, 0.15) is 0 Å². The van der Waals surface area contributed by atoms with Crippen LogP contribution in [0.5, 0.6) is 0 Å². The number of aromatic nitrogens is 2. The summed E-state index contributed by atoms with van der Waals surface area (Å²) in [5.41, 5.74) is 6.88. The van der Waals surface area contributed by atoms with E-state index in [1.807, 2.05) is 24.3 Å². The summed E-state index contributed by atoms with van der Waals surface area (Å²) in [5.74, 6) is 0.370. The average Bonchev–Trinajstić information content (AvgIpc) is 3.16. The number of fused-ring (bicyclic) bond motifs is 1. The van der Waals surface area contributed by atoms with Crippen LogP contribution in [0.4, 0.5) is 5.13 Å². The molecular formula is C20H25N5OS. The summed E-state index contributed by atoms with van der Waals surface area (Å²) in [4.78, 5) is 16.5. The van der Waals surface area contributed by atoms with Crippen LogP contribution in [0, 0.1) is 19.8 Å². The topological polar surface area (TPSA) is 71.3 Å². The normalized spacial score (nSPS) is 11.6. The van der Waals surface area contributed by atoms with Crippen LogP contribution in [-0.4, -0.2) is 28.2 Å². The fourth-order valence-corrected chi connectivity index (χ4v) is 3.78. The van der Waals surface area contributed by atoms with Crippen LogP contribution in [0.2, 0.25) is 0 Å². The van der Waals surface area contributed by atoms with E-state index in [9.17, 15) is 4.79 Å². The van der Waals surface area contributed by atoms with Crippen LogP contribution >= 0.6 is 11.3 Å². The van der Waals surface area contributed by atoms with Crippen molar-refractivity contribution in [2.24, 2.45) is 11.0 Å². The SMILES string of the molecule is Cc1cc(/C=N\NC(=O)CNc2nc3ccccc3s2)c(C)n1CC(C)C. The van der Waals surface area contributed by atoms with Crippen molar-refractivity contribution in [1.29, 1.82) is 0 Å². The number of nitrogens with one attached hydrogen (secondary N) is 2. The van der Waals surface area contributed by atoms with Crippen molar-refractivity contribution < 1.29 is 4.79 Å². The minimum atomic E-state index is -0.207. The standard InChI is InChI=1S/C20H25N5OS/c1-13(2)12-25-14(3)9-16(15(25)4)10-22-24-19(26)11-21-20-23-17-7-5-6-8-18(17)27-20/h5-10,13H,11-12H2,1-4H3,(H,21,23)(H,24,26)/b22-10-. The Morgan fingerprint density at radius 1 is 1.33 bits per heavy atom. The maximum absolute atomic E-state index is 12.0. The number of amides is 1. The first-order valence-electron chi connectivity index (χ1n) is 9.02. The fraction of sp³-hybridized carbons (Fsp3) is 0.350. The molecule has 1 aromatic carbocycles. The summed E-state index contributed by atoms with van der Waals surface area (Å²) in [6, 6.07) is 9.98. The fourth-order valence-electron chi connectivity index (χ4n) is 2.92. The van der Waals surface area contributed by atoms with Gasteiger partial charge in [0.05, 0.1) is 23.0 Å². The van der Waals surface area contributed by atoms with Gasteiger partial charge < -0.3 is 9.88 Å². The average molecular weight is 384 g/mol. The predicted octanol–water partition coefficient (Wildman–Crippen LogP) is 3.93. The number of benzene rings is 1. The molecule has 27 heavy (non-hydrogen) atoms. The van der Waals surface area contributed by atoms with Crippen molar-refractivity contribution in [3.05, 3.63) is 47.3 Å². The molecule has 0 spiro atoms. The molecule has 3 rings (SSSR count). The quantitative estimate of drug-likeness (QED) is 0.480.